The van der Waals surface area contributed by atoms with Gasteiger partial charge in [0.05, 0.1) is 5.56 Å². The molecule has 5 aromatic rings. The predicted octanol–water partition coefficient (Wildman–Crippen LogP) is 8.01. The number of hydrogen-bond donors (Lipinski definition) is 1. The van der Waals surface area contributed by atoms with Crippen LogP contribution < -0.4 is 0 Å². The van der Waals surface area contributed by atoms with Crippen LogP contribution in [0.15, 0.2) is 71.3 Å². The maximum Gasteiger partial charge on any atom is 0.262 e. The molecule has 0 saturated carbocycles. The number of aromatic hydroxyl groups is 1. The third-order valence-electron chi connectivity index (χ3n) is 6.44. The van der Waals surface area contributed by atoms with Crippen LogP contribution in [-0.4, -0.2) is 15.2 Å². The van der Waals surface area contributed by atoms with Crippen molar-refractivity contribution in [1.29, 1.82) is 0 Å². The van der Waals surface area contributed by atoms with Gasteiger partial charge in [-0.3, -0.25) is 0 Å². The number of phenols is 1. The fourth-order valence-corrected chi connectivity index (χ4v) is 4.49. The Balaban J connectivity index is 1.76. The molecule has 0 unspecified atom stereocenters. The maximum atomic E-state index is 11.3. The molecular weight excluding hydrogens is 420 g/mol. The van der Waals surface area contributed by atoms with Crippen molar-refractivity contribution < 1.29 is 9.63 Å². The summed E-state index contributed by atoms with van der Waals surface area (Å²) in [6, 6.07) is 22.7. The highest BCUT2D eigenvalue weighted by Crippen LogP contribution is 2.42. The van der Waals surface area contributed by atoms with E-state index in [0.29, 0.717) is 17.3 Å². The third kappa shape index (κ3) is 3.73. The maximum absolute atomic E-state index is 11.3. The van der Waals surface area contributed by atoms with E-state index in [2.05, 4.69) is 83.1 Å². The van der Waals surface area contributed by atoms with Gasteiger partial charge in [-0.05, 0) is 50.1 Å². The molecule has 0 bridgehead atoms. The second-order valence-electron chi connectivity index (χ2n) is 11.0. The molecule has 0 saturated heterocycles. The zero-order valence-corrected chi connectivity index (χ0v) is 20.6. The predicted molar refractivity (Wildman–Crippen MR) is 139 cm³/mol. The van der Waals surface area contributed by atoms with E-state index < -0.39 is 0 Å². The first-order valence-electron chi connectivity index (χ1n) is 11.7. The van der Waals surface area contributed by atoms with Gasteiger partial charge in [0.1, 0.15) is 5.75 Å². The van der Waals surface area contributed by atoms with Gasteiger partial charge >= 0.3 is 0 Å². The molecule has 0 spiro atoms. The summed E-state index contributed by atoms with van der Waals surface area (Å²) in [5.41, 5.74) is 3.14. The minimum atomic E-state index is -0.241. The van der Waals surface area contributed by atoms with Gasteiger partial charge in [0.25, 0.3) is 5.89 Å². The van der Waals surface area contributed by atoms with Crippen LogP contribution >= 0.6 is 0 Å². The minimum absolute atomic E-state index is 0.100. The molecule has 0 aliphatic carbocycles. The van der Waals surface area contributed by atoms with E-state index in [9.17, 15) is 5.11 Å². The van der Waals surface area contributed by atoms with Crippen molar-refractivity contribution in [2.45, 2.75) is 52.4 Å². The Bertz CT molecular complexity index is 1480. The van der Waals surface area contributed by atoms with E-state index in [1.165, 1.54) is 0 Å². The Labute approximate surface area is 200 Å². The number of rotatable bonds is 2. The Hall–Kier alpha value is -3.66. The van der Waals surface area contributed by atoms with Gasteiger partial charge in [0.15, 0.2) is 0 Å². The van der Waals surface area contributed by atoms with Gasteiger partial charge in [-0.1, -0.05) is 101 Å². The van der Waals surface area contributed by atoms with Crippen LogP contribution in [0.3, 0.4) is 0 Å². The molecule has 0 amide bonds. The molecule has 1 aromatic heterocycles. The lowest BCUT2D eigenvalue weighted by molar-refractivity contribution is 0.419. The molecule has 0 atom stereocenters. The van der Waals surface area contributed by atoms with Gasteiger partial charge in [0, 0.05) is 11.1 Å². The number of hydrogen-bond acceptors (Lipinski definition) is 4. The molecule has 4 heteroatoms. The van der Waals surface area contributed by atoms with Crippen LogP contribution in [0.25, 0.3) is 44.4 Å². The van der Waals surface area contributed by atoms with Gasteiger partial charge in [0.2, 0.25) is 5.82 Å². The second kappa shape index (κ2) is 7.69. The van der Waals surface area contributed by atoms with Crippen molar-refractivity contribution in [1.82, 2.24) is 10.1 Å². The molecule has 34 heavy (non-hydrogen) atoms. The number of aromatic nitrogens is 2. The summed E-state index contributed by atoms with van der Waals surface area (Å²) in [4.78, 5) is 4.82. The molecule has 4 nitrogen and oxygen atoms in total. The van der Waals surface area contributed by atoms with Crippen LogP contribution in [0.1, 0.15) is 52.7 Å². The third-order valence-corrected chi connectivity index (χ3v) is 6.44. The quantitative estimate of drug-likeness (QED) is 0.277. The van der Waals surface area contributed by atoms with E-state index in [4.69, 9.17) is 9.51 Å². The lowest BCUT2D eigenvalue weighted by atomic mass is 9.79. The zero-order valence-electron chi connectivity index (χ0n) is 20.6. The highest BCUT2D eigenvalue weighted by molar-refractivity contribution is 6.11. The summed E-state index contributed by atoms with van der Waals surface area (Å²) in [5, 5.41) is 20.0. The number of fused-ring (bicyclic) bond motifs is 2. The van der Waals surface area contributed by atoms with Crippen LogP contribution in [0.4, 0.5) is 0 Å². The van der Waals surface area contributed by atoms with Crippen molar-refractivity contribution in [3.63, 3.8) is 0 Å². The highest BCUT2D eigenvalue weighted by Gasteiger charge is 2.28. The van der Waals surface area contributed by atoms with Gasteiger partial charge < -0.3 is 9.63 Å². The van der Waals surface area contributed by atoms with E-state index in [-0.39, 0.29) is 16.6 Å². The fourth-order valence-electron chi connectivity index (χ4n) is 4.49. The Kier molecular flexibility index (Phi) is 5.01. The fraction of sp³-hybridized carbons (Fsp3) is 0.267. The standard InChI is InChI=1S/C30H30N2O2/c1-29(2,3)20-16-23(26(33)24(17-20)30(4,5)6)28-31-27(32-34-28)25-21-13-9-7-11-18(21)15-19-12-8-10-14-22(19)25/h7-17,33H,1-6H3. The Morgan fingerprint density at radius 2 is 1.32 bits per heavy atom. The molecule has 4 aromatic carbocycles. The van der Waals surface area contributed by atoms with Crippen LogP contribution in [0.5, 0.6) is 5.75 Å². The largest absolute Gasteiger partial charge is 0.507 e. The molecule has 5 rings (SSSR count). The van der Waals surface area contributed by atoms with Crippen molar-refractivity contribution in [3.8, 4) is 28.6 Å². The first-order chi connectivity index (χ1) is 16.0. The topological polar surface area (TPSA) is 59.2 Å². The molecular formula is C30H30N2O2. The summed E-state index contributed by atoms with van der Waals surface area (Å²) in [6.07, 6.45) is 0. The summed E-state index contributed by atoms with van der Waals surface area (Å²) in [6.45, 7) is 12.8. The number of nitrogens with zero attached hydrogens (tertiary/aromatic N) is 2. The second-order valence-corrected chi connectivity index (χ2v) is 11.0. The van der Waals surface area contributed by atoms with Crippen LogP contribution in [0, 0.1) is 0 Å². The summed E-state index contributed by atoms with van der Waals surface area (Å²) < 4.78 is 5.80. The minimum Gasteiger partial charge on any atom is -0.507 e. The average Bonchev–Trinajstić information content (AvgIpc) is 3.25. The van der Waals surface area contributed by atoms with Gasteiger partial charge in [-0.2, -0.15) is 4.98 Å². The first kappa shape index (κ1) is 22.1. The summed E-state index contributed by atoms with van der Waals surface area (Å²) >= 11 is 0. The van der Waals surface area contributed by atoms with Crippen LogP contribution in [0.2, 0.25) is 0 Å². The smallest absolute Gasteiger partial charge is 0.262 e. The van der Waals surface area contributed by atoms with Gasteiger partial charge in [-0.25, -0.2) is 0 Å². The van der Waals surface area contributed by atoms with E-state index >= 15 is 0 Å². The van der Waals surface area contributed by atoms with E-state index in [1.54, 1.807) is 0 Å². The molecule has 0 aliphatic rings. The zero-order chi connectivity index (χ0) is 24.3. The molecule has 172 valence electrons. The van der Waals surface area contributed by atoms with Crippen molar-refractivity contribution in [2.24, 2.45) is 0 Å². The lowest BCUT2D eigenvalue weighted by Crippen LogP contribution is -2.17. The molecule has 0 fully saturated rings. The monoisotopic (exact) mass is 450 g/mol. The van der Waals surface area contributed by atoms with E-state index in [1.807, 2.05) is 30.3 Å². The first-order valence-corrected chi connectivity index (χ1v) is 11.7. The van der Waals surface area contributed by atoms with Crippen molar-refractivity contribution in [2.75, 3.05) is 0 Å². The highest BCUT2D eigenvalue weighted by atomic mass is 16.5. The Morgan fingerprint density at radius 1 is 0.735 bits per heavy atom. The molecule has 0 aliphatic heterocycles. The number of phenolic OH excluding ortho intramolecular Hbond substituents is 1. The summed E-state index contributed by atoms with van der Waals surface area (Å²) in [5.74, 6) is 1.03. The normalized spacial score (nSPS) is 12.5. The van der Waals surface area contributed by atoms with Gasteiger partial charge in [-0.15, -0.1) is 0 Å². The molecule has 0 radical (unpaired) electrons. The number of benzene rings is 4. The molecule has 1 heterocycles. The van der Waals surface area contributed by atoms with Crippen molar-refractivity contribution in [3.05, 3.63) is 77.9 Å². The van der Waals surface area contributed by atoms with Crippen molar-refractivity contribution >= 4 is 21.5 Å². The SMILES string of the molecule is CC(C)(C)c1cc(-c2nc(-c3c4ccccc4cc4ccccc34)no2)c(O)c(C(C)(C)C)c1. The summed E-state index contributed by atoms with van der Waals surface area (Å²) in [7, 11) is 0. The average molecular weight is 451 g/mol. The van der Waals surface area contributed by atoms with E-state index in [0.717, 1.165) is 38.2 Å². The van der Waals surface area contributed by atoms with Crippen LogP contribution in [-0.2, 0) is 10.8 Å². The lowest BCUT2D eigenvalue weighted by Gasteiger charge is -2.26. The molecule has 1 N–H and O–H groups in total. The Morgan fingerprint density at radius 3 is 1.88 bits per heavy atom.